The quantitative estimate of drug-likeness (QED) is 0.678. The monoisotopic (exact) mass is 284 g/mol. The van der Waals surface area contributed by atoms with Crippen LogP contribution in [0.5, 0.6) is 0 Å². The molecular weight excluding hydrogens is 272 g/mol. The number of nitro groups is 1. The molecule has 0 aliphatic carbocycles. The zero-order valence-electron chi connectivity index (χ0n) is 11.1. The molecule has 2 aromatic rings. The number of non-ortho nitro benzene ring substituents is 1. The van der Waals surface area contributed by atoms with Crippen LogP contribution in [0.15, 0.2) is 30.6 Å². The van der Waals surface area contributed by atoms with Crippen LogP contribution in [0.25, 0.3) is 10.8 Å². The number of rotatable bonds is 3. The number of hydrogen-bond donors (Lipinski definition) is 1. The van der Waals surface area contributed by atoms with E-state index >= 15 is 0 Å². The molecular formula is C14H12N4O3. The van der Waals surface area contributed by atoms with Gasteiger partial charge in [-0.05, 0) is 12.1 Å². The molecule has 1 aromatic heterocycles. The van der Waals surface area contributed by atoms with Crippen molar-refractivity contribution in [2.75, 3.05) is 18.0 Å². The van der Waals surface area contributed by atoms with Crippen molar-refractivity contribution < 1.29 is 10.0 Å². The summed E-state index contributed by atoms with van der Waals surface area (Å²) in [5, 5.41) is 31.0. The molecule has 7 heteroatoms. The van der Waals surface area contributed by atoms with Crippen LogP contribution in [-0.2, 0) is 0 Å². The van der Waals surface area contributed by atoms with Crippen LogP contribution in [0.2, 0.25) is 0 Å². The third-order valence-electron chi connectivity index (χ3n) is 3.69. The van der Waals surface area contributed by atoms with Gasteiger partial charge in [0.1, 0.15) is 5.60 Å². The smallest absolute Gasteiger partial charge is 0.278 e. The highest BCUT2D eigenvalue weighted by Crippen LogP contribution is 2.37. The van der Waals surface area contributed by atoms with Crippen molar-refractivity contribution in [3.8, 4) is 6.07 Å². The van der Waals surface area contributed by atoms with Crippen LogP contribution < -0.4 is 4.90 Å². The van der Waals surface area contributed by atoms with Crippen LogP contribution in [0.1, 0.15) is 6.42 Å². The maximum Gasteiger partial charge on any atom is 0.278 e. The van der Waals surface area contributed by atoms with E-state index in [0.717, 1.165) is 11.1 Å². The van der Waals surface area contributed by atoms with Crippen molar-refractivity contribution in [1.29, 1.82) is 5.26 Å². The first-order chi connectivity index (χ1) is 10.0. The van der Waals surface area contributed by atoms with Crippen LogP contribution in [0.4, 0.5) is 11.4 Å². The first-order valence-electron chi connectivity index (χ1n) is 6.39. The molecule has 1 aliphatic heterocycles. The number of fused-ring (bicyclic) bond motifs is 1. The Bertz CT molecular complexity index is 762. The van der Waals surface area contributed by atoms with Gasteiger partial charge in [-0.2, -0.15) is 5.26 Å². The highest BCUT2D eigenvalue weighted by atomic mass is 16.6. The topological polar surface area (TPSA) is 103 Å². The Morgan fingerprint density at radius 3 is 2.86 bits per heavy atom. The van der Waals surface area contributed by atoms with Crippen molar-refractivity contribution in [1.82, 2.24) is 4.98 Å². The minimum atomic E-state index is -0.990. The summed E-state index contributed by atoms with van der Waals surface area (Å²) in [6.45, 7) is 0.686. The molecule has 21 heavy (non-hydrogen) atoms. The van der Waals surface area contributed by atoms with E-state index in [-0.39, 0.29) is 12.1 Å². The highest BCUT2D eigenvalue weighted by molar-refractivity contribution is 5.99. The number of nitrogens with zero attached hydrogens (tertiary/aromatic N) is 4. The van der Waals surface area contributed by atoms with E-state index in [0.29, 0.717) is 18.5 Å². The van der Waals surface area contributed by atoms with Gasteiger partial charge < -0.3 is 10.0 Å². The fourth-order valence-corrected chi connectivity index (χ4v) is 2.69. The lowest BCUT2D eigenvalue weighted by atomic mass is 9.90. The number of benzene rings is 1. The Kier molecular flexibility index (Phi) is 2.96. The van der Waals surface area contributed by atoms with E-state index in [4.69, 9.17) is 5.26 Å². The fraction of sp³-hybridized carbons (Fsp3) is 0.286. The van der Waals surface area contributed by atoms with E-state index in [1.807, 2.05) is 11.0 Å². The molecule has 0 saturated carbocycles. The predicted octanol–water partition coefficient (Wildman–Crippen LogP) is 1.61. The van der Waals surface area contributed by atoms with Crippen LogP contribution in [0.3, 0.4) is 0 Å². The molecule has 1 aromatic carbocycles. The van der Waals surface area contributed by atoms with E-state index in [2.05, 4.69) is 4.98 Å². The van der Waals surface area contributed by atoms with Crippen molar-refractivity contribution in [2.24, 2.45) is 0 Å². The number of nitriles is 1. The van der Waals surface area contributed by atoms with Gasteiger partial charge in [0, 0.05) is 42.6 Å². The molecule has 1 N–H and O–H groups in total. The maximum atomic E-state index is 11.1. The number of hydrogen-bond acceptors (Lipinski definition) is 6. The van der Waals surface area contributed by atoms with Gasteiger partial charge in [-0.3, -0.25) is 15.1 Å². The Labute approximate surface area is 120 Å². The SMILES string of the molecule is N#CCC1(O)CN(c2ccc([N+](=O)[O-])c3cnccc23)C1. The fourth-order valence-electron chi connectivity index (χ4n) is 2.69. The van der Waals surface area contributed by atoms with Crippen molar-refractivity contribution >= 4 is 22.1 Å². The number of pyridine rings is 1. The van der Waals surface area contributed by atoms with Gasteiger partial charge in [-0.25, -0.2) is 0 Å². The van der Waals surface area contributed by atoms with Gasteiger partial charge in [-0.15, -0.1) is 0 Å². The van der Waals surface area contributed by atoms with Gasteiger partial charge in [0.2, 0.25) is 0 Å². The molecule has 2 heterocycles. The second kappa shape index (κ2) is 4.68. The second-order valence-corrected chi connectivity index (χ2v) is 5.20. The average molecular weight is 284 g/mol. The van der Waals surface area contributed by atoms with Crippen molar-refractivity contribution in [3.63, 3.8) is 0 Å². The molecule has 106 valence electrons. The molecule has 0 bridgehead atoms. The molecule has 7 nitrogen and oxygen atoms in total. The summed E-state index contributed by atoms with van der Waals surface area (Å²) in [4.78, 5) is 16.5. The lowest BCUT2D eigenvalue weighted by Gasteiger charge is -2.47. The molecule has 1 fully saturated rings. The summed E-state index contributed by atoms with van der Waals surface area (Å²) in [7, 11) is 0. The van der Waals surface area contributed by atoms with E-state index in [9.17, 15) is 15.2 Å². The first-order valence-corrected chi connectivity index (χ1v) is 6.39. The normalized spacial score (nSPS) is 16.3. The summed E-state index contributed by atoms with van der Waals surface area (Å²) in [5.41, 5.74) is -0.175. The van der Waals surface area contributed by atoms with E-state index in [1.165, 1.54) is 12.3 Å². The molecule has 0 amide bonds. The lowest BCUT2D eigenvalue weighted by Crippen LogP contribution is -2.61. The van der Waals surface area contributed by atoms with Gasteiger partial charge in [0.25, 0.3) is 5.69 Å². The number of β-amino-alcohol motifs (C(OH)–C–C–N with tert-alkyl or cyclic N) is 1. The molecule has 1 aliphatic rings. The first kappa shape index (κ1) is 13.3. The minimum absolute atomic E-state index is 0.00894. The van der Waals surface area contributed by atoms with Gasteiger partial charge >= 0.3 is 0 Å². The summed E-state index contributed by atoms with van der Waals surface area (Å²) in [6, 6.07) is 6.81. The average Bonchev–Trinajstić information content (AvgIpc) is 2.43. The Morgan fingerprint density at radius 2 is 2.19 bits per heavy atom. The Morgan fingerprint density at radius 1 is 1.43 bits per heavy atom. The molecule has 0 unspecified atom stereocenters. The van der Waals surface area contributed by atoms with Gasteiger partial charge in [0.15, 0.2) is 0 Å². The minimum Gasteiger partial charge on any atom is -0.385 e. The third kappa shape index (κ3) is 2.15. The van der Waals surface area contributed by atoms with Crippen molar-refractivity contribution in [2.45, 2.75) is 12.0 Å². The van der Waals surface area contributed by atoms with Gasteiger partial charge in [0.05, 0.1) is 22.8 Å². The summed E-state index contributed by atoms with van der Waals surface area (Å²) < 4.78 is 0. The molecule has 0 atom stereocenters. The zero-order chi connectivity index (χ0) is 15.0. The maximum absolute atomic E-state index is 11.1. The predicted molar refractivity (Wildman–Crippen MR) is 75.8 cm³/mol. The summed E-state index contributed by atoms with van der Waals surface area (Å²) in [5.74, 6) is 0. The number of anilines is 1. The number of aliphatic hydroxyl groups is 1. The molecule has 0 radical (unpaired) electrons. The molecule has 0 spiro atoms. The van der Waals surface area contributed by atoms with E-state index < -0.39 is 10.5 Å². The van der Waals surface area contributed by atoms with Crippen molar-refractivity contribution in [3.05, 3.63) is 40.7 Å². The Balaban J connectivity index is 2.01. The third-order valence-corrected chi connectivity index (χ3v) is 3.69. The lowest BCUT2D eigenvalue weighted by molar-refractivity contribution is -0.383. The van der Waals surface area contributed by atoms with Gasteiger partial charge in [-0.1, -0.05) is 0 Å². The summed E-state index contributed by atoms with van der Waals surface area (Å²) in [6.07, 6.45) is 3.13. The standard InChI is InChI=1S/C14H12N4O3/c15-5-4-14(19)8-17(9-14)12-1-2-13(18(20)21)11-7-16-6-3-10(11)12/h1-3,6-7,19H,4,8-9H2. The second-order valence-electron chi connectivity index (χ2n) is 5.20. The summed E-state index contributed by atoms with van der Waals surface area (Å²) >= 11 is 0. The molecule has 1 saturated heterocycles. The van der Waals surface area contributed by atoms with Crippen LogP contribution >= 0.6 is 0 Å². The van der Waals surface area contributed by atoms with E-state index in [1.54, 1.807) is 18.3 Å². The number of aromatic nitrogens is 1. The Hall–Kier alpha value is -2.72. The van der Waals surface area contributed by atoms with Crippen LogP contribution in [0, 0.1) is 21.4 Å². The zero-order valence-corrected chi connectivity index (χ0v) is 11.1. The molecule has 3 rings (SSSR count). The number of nitro benzene ring substituents is 1. The highest BCUT2D eigenvalue weighted by Gasteiger charge is 2.41. The van der Waals surface area contributed by atoms with Crippen LogP contribution in [-0.4, -0.2) is 33.7 Å². The largest absolute Gasteiger partial charge is 0.385 e.